The Bertz CT molecular complexity index is 307. The molecule has 5 heteroatoms. The van der Waals surface area contributed by atoms with Gasteiger partial charge in [0.25, 0.3) is 0 Å². The van der Waals surface area contributed by atoms with Crippen LogP contribution in [0.25, 0.3) is 0 Å². The van der Waals surface area contributed by atoms with Gasteiger partial charge in [-0.2, -0.15) is 0 Å². The quantitative estimate of drug-likeness (QED) is 0.759. The molecule has 1 aliphatic heterocycles. The van der Waals surface area contributed by atoms with Crippen molar-refractivity contribution >= 4 is 5.91 Å². The van der Waals surface area contributed by atoms with Crippen LogP contribution in [0.15, 0.2) is 0 Å². The molecule has 104 valence electrons. The summed E-state index contributed by atoms with van der Waals surface area (Å²) >= 11 is 0. The number of hydrogen-bond donors (Lipinski definition) is 2. The zero-order valence-corrected chi connectivity index (χ0v) is 11.2. The van der Waals surface area contributed by atoms with Crippen LogP contribution in [0.2, 0.25) is 0 Å². The predicted octanol–water partition coefficient (Wildman–Crippen LogP) is 0.258. The lowest BCUT2D eigenvalue weighted by Gasteiger charge is -2.37. The SMILES string of the molecule is CN(CC1(O)CCCC1)C(=O)C1(N)CCOCC1. The summed E-state index contributed by atoms with van der Waals surface area (Å²) < 4.78 is 5.25. The first-order valence-corrected chi connectivity index (χ1v) is 6.80. The van der Waals surface area contributed by atoms with Crippen LogP contribution in [0.4, 0.5) is 0 Å². The number of nitrogens with zero attached hydrogens (tertiary/aromatic N) is 1. The zero-order valence-electron chi connectivity index (χ0n) is 11.2. The minimum Gasteiger partial charge on any atom is -0.388 e. The van der Waals surface area contributed by atoms with Gasteiger partial charge in [0, 0.05) is 26.8 Å². The molecular formula is C13H24N2O3. The largest absolute Gasteiger partial charge is 0.388 e. The van der Waals surface area contributed by atoms with Gasteiger partial charge in [-0.15, -0.1) is 0 Å². The lowest BCUT2D eigenvalue weighted by Crippen LogP contribution is -2.59. The third kappa shape index (κ3) is 2.84. The molecule has 0 bridgehead atoms. The summed E-state index contributed by atoms with van der Waals surface area (Å²) in [4.78, 5) is 14.0. The number of rotatable bonds is 3. The molecule has 2 aliphatic rings. The number of carbonyl (C=O) groups excluding carboxylic acids is 1. The van der Waals surface area contributed by atoms with Crippen molar-refractivity contribution in [2.24, 2.45) is 5.73 Å². The monoisotopic (exact) mass is 256 g/mol. The van der Waals surface area contributed by atoms with E-state index in [9.17, 15) is 9.90 Å². The Morgan fingerprint density at radius 3 is 2.39 bits per heavy atom. The van der Waals surface area contributed by atoms with Gasteiger partial charge < -0.3 is 20.5 Å². The lowest BCUT2D eigenvalue weighted by atomic mass is 9.89. The van der Waals surface area contributed by atoms with Crippen molar-refractivity contribution in [1.82, 2.24) is 4.90 Å². The van der Waals surface area contributed by atoms with E-state index < -0.39 is 11.1 Å². The molecule has 1 heterocycles. The van der Waals surface area contributed by atoms with Crippen molar-refractivity contribution in [3.8, 4) is 0 Å². The Labute approximate surface area is 108 Å². The minimum atomic E-state index is -0.804. The second kappa shape index (κ2) is 5.15. The van der Waals surface area contributed by atoms with E-state index in [4.69, 9.17) is 10.5 Å². The first-order valence-electron chi connectivity index (χ1n) is 6.80. The van der Waals surface area contributed by atoms with Gasteiger partial charge in [0.2, 0.25) is 5.91 Å². The van der Waals surface area contributed by atoms with E-state index >= 15 is 0 Å². The molecule has 3 N–H and O–H groups in total. The van der Waals surface area contributed by atoms with Gasteiger partial charge >= 0.3 is 0 Å². The molecule has 0 unspecified atom stereocenters. The molecule has 1 amide bonds. The topological polar surface area (TPSA) is 75.8 Å². The van der Waals surface area contributed by atoms with Crippen LogP contribution in [-0.2, 0) is 9.53 Å². The van der Waals surface area contributed by atoms with Gasteiger partial charge in [-0.1, -0.05) is 12.8 Å². The van der Waals surface area contributed by atoms with E-state index in [2.05, 4.69) is 0 Å². The first kappa shape index (κ1) is 13.8. The number of nitrogens with two attached hydrogens (primary N) is 1. The van der Waals surface area contributed by atoms with Gasteiger partial charge in [-0.25, -0.2) is 0 Å². The summed E-state index contributed by atoms with van der Waals surface area (Å²) in [6.07, 6.45) is 4.78. The summed E-state index contributed by atoms with van der Waals surface area (Å²) in [5.41, 5.74) is 4.66. The van der Waals surface area contributed by atoms with Crippen LogP contribution >= 0.6 is 0 Å². The second-order valence-corrected chi connectivity index (χ2v) is 5.86. The maximum Gasteiger partial charge on any atom is 0.242 e. The summed E-state index contributed by atoms with van der Waals surface area (Å²) in [7, 11) is 1.74. The van der Waals surface area contributed by atoms with Crippen LogP contribution < -0.4 is 5.73 Å². The molecule has 2 fully saturated rings. The van der Waals surface area contributed by atoms with Crippen LogP contribution in [0.5, 0.6) is 0 Å². The molecule has 1 aliphatic carbocycles. The number of carbonyl (C=O) groups is 1. The maximum absolute atomic E-state index is 12.4. The fourth-order valence-corrected chi connectivity index (χ4v) is 3.03. The van der Waals surface area contributed by atoms with Gasteiger partial charge in [-0.05, 0) is 25.7 Å². The van der Waals surface area contributed by atoms with Crippen molar-refractivity contribution < 1.29 is 14.6 Å². The standard InChI is InChI=1S/C13H24N2O3/c1-15(10-12(17)4-2-3-5-12)11(16)13(14)6-8-18-9-7-13/h17H,2-10,14H2,1H3. The van der Waals surface area contributed by atoms with Crippen molar-refractivity contribution in [2.75, 3.05) is 26.8 Å². The summed E-state index contributed by atoms with van der Waals surface area (Å²) in [6, 6.07) is 0. The fourth-order valence-electron chi connectivity index (χ4n) is 3.03. The van der Waals surface area contributed by atoms with Gasteiger partial charge in [0.15, 0.2) is 0 Å². The van der Waals surface area contributed by atoms with Crippen LogP contribution in [0, 0.1) is 0 Å². The van der Waals surface area contributed by atoms with E-state index in [1.807, 2.05) is 0 Å². The molecule has 0 aromatic heterocycles. The Kier molecular flexibility index (Phi) is 3.94. The summed E-state index contributed by atoms with van der Waals surface area (Å²) in [6.45, 7) is 1.48. The number of amides is 1. The normalized spacial score (nSPS) is 25.9. The minimum absolute atomic E-state index is 0.0638. The third-order valence-electron chi connectivity index (χ3n) is 4.22. The van der Waals surface area contributed by atoms with Gasteiger partial charge in [-0.3, -0.25) is 4.79 Å². The molecule has 0 atom stereocenters. The Balaban J connectivity index is 1.95. The van der Waals surface area contributed by atoms with E-state index in [0.717, 1.165) is 25.7 Å². The molecular weight excluding hydrogens is 232 g/mol. The average molecular weight is 256 g/mol. The number of ether oxygens (including phenoxy) is 1. The Morgan fingerprint density at radius 2 is 1.83 bits per heavy atom. The maximum atomic E-state index is 12.4. The number of hydrogen-bond acceptors (Lipinski definition) is 4. The lowest BCUT2D eigenvalue weighted by molar-refractivity contribution is -0.142. The highest BCUT2D eigenvalue weighted by atomic mass is 16.5. The highest BCUT2D eigenvalue weighted by Gasteiger charge is 2.41. The molecule has 1 saturated heterocycles. The summed E-state index contributed by atoms with van der Waals surface area (Å²) in [5, 5.41) is 10.3. The van der Waals surface area contributed by atoms with Crippen LogP contribution in [-0.4, -0.2) is 53.9 Å². The van der Waals surface area contributed by atoms with Crippen molar-refractivity contribution in [3.63, 3.8) is 0 Å². The van der Waals surface area contributed by atoms with Crippen molar-refractivity contribution in [3.05, 3.63) is 0 Å². The van der Waals surface area contributed by atoms with Crippen LogP contribution in [0.1, 0.15) is 38.5 Å². The first-order chi connectivity index (χ1) is 8.45. The molecule has 18 heavy (non-hydrogen) atoms. The number of likely N-dealkylation sites (N-methyl/N-ethyl adjacent to an activating group) is 1. The van der Waals surface area contributed by atoms with E-state index in [1.54, 1.807) is 11.9 Å². The Morgan fingerprint density at radius 1 is 1.28 bits per heavy atom. The molecule has 0 radical (unpaired) electrons. The fraction of sp³-hybridized carbons (Fsp3) is 0.923. The average Bonchev–Trinajstić information content (AvgIpc) is 2.75. The van der Waals surface area contributed by atoms with E-state index in [1.165, 1.54) is 0 Å². The molecule has 0 aromatic rings. The smallest absolute Gasteiger partial charge is 0.242 e. The van der Waals surface area contributed by atoms with Crippen molar-refractivity contribution in [2.45, 2.75) is 49.7 Å². The van der Waals surface area contributed by atoms with Crippen LogP contribution in [0.3, 0.4) is 0 Å². The van der Waals surface area contributed by atoms with E-state index in [0.29, 0.717) is 32.6 Å². The summed E-state index contributed by atoms with van der Waals surface area (Å²) in [5.74, 6) is -0.0638. The van der Waals surface area contributed by atoms with Crippen molar-refractivity contribution in [1.29, 1.82) is 0 Å². The molecule has 2 rings (SSSR count). The predicted molar refractivity (Wildman–Crippen MR) is 68.0 cm³/mol. The molecule has 1 saturated carbocycles. The highest BCUT2D eigenvalue weighted by molar-refractivity contribution is 5.86. The van der Waals surface area contributed by atoms with Gasteiger partial charge in [0.05, 0.1) is 11.1 Å². The zero-order chi connectivity index (χ0) is 13.2. The van der Waals surface area contributed by atoms with Gasteiger partial charge in [0.1, 0.15) is 0 Å². The Hall–Kier alpha value is -0.650. The second-order valence-electron chi connectivity index (χ2n) is 5.86. The number of aliphatic hydroxyl groups is 1. The molecule has 0 spiro atoms. The van der Waals surface area contributed by atoms with E-state index in [-0.39, 0.29) is 5.91 Å². The molecule has 5 nitrogen and oxygen atoms in total. The third-order valence-corrected chi connectivity index (χ3v) is 4.22. The molecule has 0 aromatic carbocycles. The highest BCUT2D eigenvalue weighted by Crippen LogP contribution is 2.30.